The second-order valence-corrected chi connectivity index (χ2v) is 6.91. The van der Waals surface area contributed by atoms with Crippen LogP contribution >= 0.6 is 0 Å². The number of rotatable bonds is 3. The number of carbonyl (C=O) groups is 2. The van der Waals surface area contributed by atoms with Crippen molar-refractivity contribution in [2.45, 2.75) is 50.6 Å². The van der Waals surface area contributed by atoms with Gasteiger partial charge in [-0.05, 0) is 12.8 Å². The fourth-order valence-electron chi connectivity index (χ4n) is 3.80. The Morgan fingerprint density at radius 2 is 2.08 bits per heavy atom. The maximum absolute atomic E-state index is 12.3. The van der Waals surface area contributed by atoms with Gasteiger partial charge in [0.05, 0.1) is 12.6 Å². The number of ether oxygens (including phenoxy) is 1. The summed E-state index contributed by atoms with van der Waals surface area (Å²) in [6, 6.07) is -0.232. The summed E-state index contributed by atoms with van der Waals surface area (Å²) in [6.07, 6.45) is 5.64. The van der Waals surface area contributed by atoms with Crippen LogP contribution in [0.25, 0.3) is 0 Å². The first kappa shape index (κ1) is 16.2. The molecule has 1 saturated carbocycles. The quantitative estimate of drug-likeness (QED) is 0.887. The molecule has 1 N–H and O–H groups in total. The summed E-state index contributed by atoms with van der Waals surface area (Å²) >= 11 is 0. The number of piperazine rings is 1. The minimum Gasteiger partial charge on any atom is -0.447 e. The molecule has 9 nitrogen and oxygen atoms in total. The van der Waals surface area contributed by atoms with E-state index in [9.17, 15) is 9.59 Å². The highest BCUT2D eigenvalue weighted by atomic mass is 16.6. The number of carbonyl (C=O) groups excluding carboxylic acids is 2. The number of fused-ring (bicyclic) bond motifs is 1. The number of nitrogens with one attached hydrogen (secondary N) is 1. The lowest BCUT2D eigenvalue weighted by molar-refractivity contribution is 0.126. The van der Waals surface area contributed by atoms with Gasteiger partial charge in [-0.25, -0.2) is 9.59 Å². The number of hydrogen-bond donors (Lipinski definition) is 1. The molecular formula is C16H23N5O4. The van der Waals surface area contributed by atoms with Gasteiger partial charge in [0.2, 0.25) is 5.89 Å². The fraction of sp³-hybridized carbons (Fsp3) is 0.750. The Labute approximate surface area is 145 Å². The van der Waals surface area contributed by atoms with Crippen molar-refractivity contribution in [2.75, 3.05) is 26.2 Å². The molecule has 1 aromatic heterocycles. The first-order valence-electron chi connectivity index (χ1n) is 8.99. The van der Waals surface area contributed by atoms with E-state index in [2.05, 4.69) is 15.5 Å². The highest BCUT2D eigenvalue weighted by Gasteiger charge is 2.38. The summed E-state index contributed by atoms with van der Waals surface area (Å²) in [5.41, 5.74) is 0. The summed E-state index contributed by atoms with van der Waals surface area (Å²) in [7, 11) is 0. The van der Waals surface area contributed by atoms with Crippen molar-refractivity contribution in [3.05, 3.63) is 11.7 Å². The predicted molar refractivity (Wildman–Crippen MR) is 85.8 cm³/mol. The minimum absolute atomic E-state index is 0.0479. The van der Waals surface area contributed by atoms with Gasteiger partial charge in [-0.3, -0.25) is 4.90 Å². The largest absolute Gasteiger partial charge is 0.447 e. The Balaban J connectivity index is 1.27. The van der Waals surface area contributed by atoms with Crippen LogP contribution in [0.2, 0.25) is 0 Å². The monoisotopic (exact) mass is 349 g/mol. The van der Waals surface area contributed by atoms with E-state index >= 15 is 0 Å². The average Bonchev–Trinajstić information content (AvgIpc) is 3.27. The third-order valence-corrected chi connectivity index (χ3v) is 5.25. The minimum atomic E-state index is -0.286. The Bertz CT molecular complexity index is 642. The summed E-state index contributed by atoms with van der Waals surface area (Å²) in [6.45, 7) is 2.04. The maximum Gasteiger partial charge on any atom is 0.410 e. The van der Waals surface area contributed by atoms with Gasteiger partial charge in [-0.2, -0.15) is 4.98 Å². The first-order chi connectivity index (χ1) is 12.2. The molecule has 2 saturated heterocycles. The van der Waals surface area contributed by atoms with Crippen LogP contribution in [0.5, 0.6) is 0 Å². The molecule has 25 heavy (non-hydrogen) atoms. The second-order valence-electron chi connectivity index (χ2n) is 6.91. The van der Waals surface area contributed by atoms with Gasteiger partial charge in [0.15, 0.2) is 5.82 Å². The van der Waals surface area contributed by atoms with Crippen LogP contribution in [0.1, 0.15) is 49.7 Å². The van der Waals surface area contributed by atoms with Crippen molar-refractivity contribution < 1.29 is 18.8 Å². The van der Waals surface area contributed by atoms with Crippen LogP contribution in [0.15, 0.2) is 4.52 Å². The van der Waals surface area contributed by atoms with E-state index in [4.69, 9.17) is 9.26 Å². The van der Waals surface area contributed by atoms with Gasteiger partial charge in [-0.1, -0.05) is 24.4 Å². The van der Waals surface area contributed by atoms with E-state index in [1.807, 2.05) is 0 Å². The molecule has 3 fully saturated rings. The van der Waals surface area contributed by atoms with E-state index in [1.54, 1.807) is 9.80 Å². The second kappa shape index (κ2) is 6.89. The Kier molecular flexibility index (Phi) is 4.46. The number of urea groups is 1. The Morgan fingerprint density at radius 1 is 1.24 bits per heavy atom. The van der Waals surface area contributed by atoms with Crippen LogP contribution in [0, 0.1) is 0 Å². The van der Waals surface area contributed by atoms with Gasteiger partial charge in [0, 0.05) is 25.6 Å². The number of nitrogens with zero attached hydrogens (tertiary/aromatic N) is 4. The molecule has 1 aromatic rings. The zero-order chi connectivity index (χ0) is 17.2. The summed E-state index contributed by atoms with van der Waals surface area (Å²) in [5, 5.41) is 6.89. The Morgan fingerprint density at radius 3 is 2.92 bits per heavy atom. The number of hydrogen-bond acceptors (Lipinski definition) is 6. The van der Waals surface area contributed by atoms with Gasteiger partial charge in [0.25, 0.3) is 0 Å². The highest BCUT2D eigenvalue weighted by Crippen LogP contribution is 2.30. The third-order valence-electron chi connectivity index (χ3n) is 5.25. The first-order valence-corrected chi connectivity index (χ1v) is 8.99. The molecule has 0 bridgehead atoms. The molecule has 3 amide bonds. The molecule has 9 heteroatoms. The van der Waals surface area contributed by atoms with E-state index in [1.165, 1.54) is 19.3 Å². The van der Waals surface area contributed by atoms with Gasteiger partial charge in [0.1, 0.15) is 6.61 Å². The zero-order valence-corrected chi connectivity index (χ0v) is 14.1. The number of cyclic esters (lactones) is 1. The molecule has 3 heterocycles. The standard InChI is InChI=1S/C16H23N5O4/c22-15(20-6-7-21-12(9-20)10-24-16(21)23)17-8-13-18-14(19-25-13)11-4-2-1-3-5-11/h11-12H,1-10H2,(H,17,22)/t12-/m0/s1. The van der Waals surface area contributed by atoms with Crippen molar-refractivity contribution >= 4 is 12.1 Å². The maximum atomic E-state index is 12.3. The SMILES string of the molecule is O=C(NCc1nc(C2CCCCC2)no1)N1CCN2C(=O)OC[C@@H]2C1. The number of aromatic nitrogens is 2. The van der Waals surface area contributed by atoms with Crippen LogP contribution < -0.4 is 5.32 Å². The summed E-state index contributed by atoms with van der Waals surface area (Å²) in [4.78, 5) is 31.6. The number of amides is 3. The Hall–Kier alpha value is -2.32. The average molecular weight is 349 g/mol. The van der Waals surface area contributed by atoms with Gasteiger partial charge >= 0.3 is 12.1 Å². The van der Waals surface area contributed by atoms with Gasteiger partial charge < -0.3 is 19.5 Å². The lowest BCUT2D eigenvalue weighted by Gasteiger charge is -2.35. The summed E-state index contributed by atoms with van der Waals surface area (Å²) in [5.74, 6) is 1.58. The van der Waals surface area contributed by atoms with E-state index < -0.39 is 0 Å². The van der Waals surface area contributed by atoms with Crippen molar-refractivity contribution in [2.24, 2.45) is 0 Å². The smallest absolute Gasteiger partial charge is 0.410 e. The zero-order valence-electron chi connectivity index (χ0n) is 14.1. The van der Waals surface area contributed by atoms with Crippen molar-refractivity contribution in [3.63, 3.8) is 0 Å². The summed E-state index contributed by atoms with van der Waals surface area (Å²) < 4.78 is 10.3. The van der Waals surface area contributed by atoms with E-state index in [0.717, 1.165) is 18.7 Å². The third kappa shape index (κ3) is 3.40. The fourth-order valence-corrected chi connectivity index (χ4v) is 3.80. The van der Waals surface area contributed by atoms with Crippen molar-refractivity contribution in [1.82, 2.24) is 25.3 Å². The molecule has 136 valence electrons. The normalized spacial score (nSPS) is 24.2. The predicted octanol–water partition coefficient (Wildman–Crippen LogP) is 1.46. The molecule has 0 spiro atoms. The van der Waals surface area contributed by atoms with E-state index in [-0.39, 0.29) is 24.7 Å². The molecule has 0 radical (unpaired) electrons. The van der Waals surface area contributed by atoms with Crippen LogP contribution in [-0.4, -0.2) is 64.3 Å². The molecule has 1 atom stereocenters. The topological polar surface area (TPSA) is 101 Å². The molecule has 2 aliphatic heterocycles. The lowest BCUT2D eigenvalue weighted by atomic mass is 9.89. The molecule has 3 aliphatic rings. The molecule has 0 aromatic carbocycles. The van der Waals surface area contributed by atoms with Crippen LogP contribution in [0.4, 0.5) is 9.59 Å². The van der Waals surface area contributed by atoms with Crippen molar-refractivity contribution in [3.8, 4) is 0 Å². The van der Waals surface area contributed by atoms with Gasteiger partial charge in [-0.15, -0.1) is 0 Å². The van der Waals surface area contributed by atoms with E-state index in [0.29, 0.717) is 38.0 Å². The molecule has 4 rings (SSSR count). The molecule has 1 aliphatic carbocycles. The molecular weight excluding hydrogens is 326 g/mol. The van der Waals surface area contributed by atoms with Crippen LogP contribution in [-0.2, 0) is 11.3 Å². The molecule has 0 unspecified atom stereocenters. The lowest BCUT2D eigenvalue weighted by Crippen LogP contribution is -2.55. The van der Waals surface area contributed by atoms with Crippen LogP contribution in [0.3, 0.4) is 0 Å². The van der Waals surface area contributed by atoms with Crippen molar-refractivity contribution in [1.29, 1.82) is 0 Å². The highest BCUT2D eigenvalue weighted by molar-refractivity contribution is 5.75.